The molecule has 1 aromatic rings. The van der Waals surface area contributed by atoms with Crippen molar-refractivity contribution in [3.8, 4) is 0 Å². The molecule has 0 aliphatic carbocycles. The van der Waals surface area contributed by atoms with Crippen LogP contribution in [0.1, 0.15) is 17.1 Å². The summed E-state index contributed by atoms with van der Waals surface area (Å²) in [5.41, 5.74) is 1.05. The number of carbonyl (C=O) groups excluding carboxylic acids is 1. The van der Waals surface area contributed by atoms with Gasteiger partial charge in [0.1, 0.15) is 0 Å². The molecule has 1 heterocycles. The molecule has 1 aromatic heterocycles. The first-order valence-electron chi connectivity index (χ1n) is 4.46. The Hall–Kier alpha value is -0.420. The molecule has 0 saturated heterocycles. The number of nitrogens with one attached hydrogen (secondary N) is 1. The molecule has 5 heteroatoms. The Kier molecular flexibility index (Phi) is 5.11. The monoisotopic (exact) mass is 276 g/mol. The van der Waals surface area contributed by atoms with Gasteiger partial charge in [-0.15, -0.1) is 11.3 Å². The normalized spacial score (nSPS) is 10.1. The van der Waals surface area contributed by atoms with Crippen LogP contribution in [0.3, 0.4) is 0 Å². The lowest BCUT2D eigenvalue weighted by Gasteiger charge is -2.01. The van der Waals surface area contributed by atoms with Crippen LogP contribution in [-0.4, -0.2) is 22.8 Å². The van der Waals surface area contributed by atoms with Crippen LogP contribution < -0.4 is 5.32 Å². The molecule has 3 nitrogen and oxygen atoms in total. The summed E-state index contributed by atoms with van der Waals surface area (Å²) in [4.78, 5) is 15.4. The molecule has 0 radical (unpaired) electrons. The van der Waals surface area contributed by atoms with E-state index in [2.05, 4.69) is 26.2 Å². The van der Waals surface area contributed by atoms with Crippen molar-refractivity contribution in [2.45, 2.75) is 19.8 Å². The van der Waals surface area contributed by atoms with Crippen LogP contribution >= 0.6 is 27.3 Å². The largest absolute Gasteiger partial charge is 0.356 e. The maximum atomic E-state index is 11.1. The van der Waals surface area contributed by atoms with E-state index in [0.29, 0.717) is 13.0 Å². The molecule has 0 aromatic carbocycles. The Morgan fingerprint density at radius 3 is 3.07 bits per heavy atom. The highest BCUT2D eigenvalue weighted by Gasteiger charge is 2.01. The summed E-state index contributed by atoms with van der Waals surface area (Å²) in [6, 6.07) is 0. The standard InChI is InChI=1S/C9H13BrN2OS/c1-7-6-14-9(12-7)3-5-11-8(13)2-4-10/h6H,2-5H2,1H3,(H,11,13). The third-order valence-electron chi connectivity index (χ3n) is 1.65. The van der Waals surface area contributed by atoms with Crippen LogP contribution in [0.5, 0.6) is 0 Å². The Morgan fingerprint density at radius 1 is 1.71 bits per heavy atom. The topological polar surface area (TPSA) is 42.0 Å². The summed E-state index contributed by atoms with van der Waals surface area (Å²) in [5.74, 6) is 0.0927. The van der Waals surface area contributed by atoms with Gasteiger partial charge in [-0.25, -0.2) is 4.98 Å². The molecule has 14 heavy (non-hydrogen) atoms. The summed E-state index contributed by atoms with van der Waals surface area (Å²) in [6.07, 6.45) is 1.36. The lowest BCUT2D eigenvalue weighted by atomic mass is 10.4. The number of alkyl halides is 1. The zero-order chi connectivity index (χ0) is 10.4. The Bertz CT molecular complexity index is 301. The molecule has 0 aliphatic heterocycles. The highest BCUT2D eigenvalue weighted by molar-refractivity contribution is 9.09. The zero-order valence-corrected chi connectivity index (χ0v) is 10.4. The molecule has 1 amide bonds. The minimum atomic E-state index is 0.0927. The zero-order valence-electron chi connectivity index (χ0n) is 8.05. The fraction of sp³-hybridized carbons (Fsp3) is 0.556. The Labute approximate surface area is 96.1 Å². The predicted molar refractivity (Wildman–Crippen MR) is 62.0 cm³/mol. The quantitative estimate of drug-likeness (QED) is 0.835. The smallest absolute Gasteiger partial charge is 0.220 e. The van der Waals surface area contributed by atoms with Crippen molar-refractivity contribution in [1.29, 1.82) is 0 Å². The fourth-order valence-corrected chi connectivity index (χ4v) is 2.14. The molecule has 1 N–H and O–H groups in total. The molecular weight excluding hydrogens is 264 g/mol. The van der Waals surface area contributed by atoms with Crippen molar-refractivity contribution >= 4 is 33.2 Å². The van der Waals surface area contributed by atoms with E-state index in [4.69, 9.17) is 0 Å². The van der Waals surface area contributed by atoms with Crippen LogP contribution in [0, 0.1) is 6.92 Å². The Morgan fingerprint density at radius 2 is 2.50 bits per heavy atom. The first kappa shape index (κ1) is 11.7. The van der Waals surface area contributed by atoms with Gasteiger partial charge in [0.2, 0.25) is 5.91 Å². The second kappa shape index (κ2) is 6.14. The lowest BCUT2D eigenvalue weighted by molar-refractivity contribution is -0.120. The summed E-state index contributed by atoms with van der Waals surface area (Å²) in [6.45, 7) is 2.65. The van der Waals surface area contributed by atoms with Crippen molar-refractivity contribution in [1.82, 2.24) is 10.3 Å². The van der Waals surface area contributed by atoms with E-state index in [1.54, 1.807) is 11.3 Å². The number of amides is 1. The van der Waals surface area contributed by atoms with Gasteiger partial charge in [-0.3, -0.25) is 4.79 Å². The highest BCUT2D eigenvalue weighted by atomic mass is 79.9. The molecule has 0 bridgehead atoms. The van der Waals surface area contributed by atoms with Gasteiger partial charge in [0.05, 0.1) is 5.01 Å². The molecule has 78 valence electrons. The number of aryl methyl sites for hydroxylation is 1. The number of thiazole rings is 1. The predicted octanol–water partition coefficient (Wildman–Crippen LogP) is 1.90. The minimum Gasteiger partial charge on any atom is -0.356 e. The third kappa shape index (κ3) is 4.19. The van der Waals surface area contributed by atoms with Crippen molar-refractivity contribution in [2.75, 3.05) is 11.9 Å². The maximum Gasteiger partial charge on any atom is 0.220 e. The molecule has 1 rings (SSSR count). The van der Waals surface area contributed by atoms with Crippen LogP contribution in [0.2, 0.25) is 0 Å². The summed E-state index contributed by atoms with van der Waals surface area (Å²) in [7, 11) is 0. The molecule has 0 aliphatic rings. The van der Waals surface area contributed by atoms with Gasteiger partial charge in [-0.05, 0) is 6.92 Å². The molecule has 0 spiro atoms. The average Bonchev–Trinajstić information content (AvgIpc) is 2.52. The van der Waals surface area contributed by atoms with Gasteiger partial charge in [0.15, 0.2) is 0 Å². The third-order valence-corrected chi connectivity index (χ3v) is 3.07. The maximum absolute atomic E-state index is 11.1. The van der Waals surface area contributed by atoms with E-state index in [1.165, 1.54) is 0 Å². The van der Waals surface area contributed by atoms with Crippen molar-refractivity contribution < 1.29 is 4.79 Å². The van der Waals surface area contributed by atoms with Crippen LogP contribution in [0.4, 0.5) is 0 Å². The number of aromatic nitrogens is 1. The van der Waals surface area contributed by atoms with Crippen LogP contribution in [-0.2, 0) is 11.2 Å². The number of rotatable bonds is 5. The van der Waals surface area contributed by atoms with E-state index in [9.17, 15) is 4.79 Å². The number of carbonyl (C=O) groups is 1. The van der Waals surface area contributed by atoms with Crippen LogP contribution in [0.25, 0.3) is 0 Å². The van der Waals surface area contributed by atoms with Gasteiger partial charge >= 0.3 is 0 Å². The van der Waals surface area contributed by atoms with Crippen molar-refractivity contribution in [3.63, 3.8) is 0 Å². The average molecular weight is 277 g/mol. The van der Waals surface area contributed by atoms with Gasteiger partial charge < -0.3 is 5.32 Å². The van der Waals surface area contributed by atoms with Gasteiger partial charge in [-0.2, -0.15) is 0 Å². The van der Waals surface area contributed by atoms with E-state index < -0.39 is 0 Å². The van der Waals surface area contributed by atoms with Gasteiger partial charge in [0.25, 0.3) is 0 Å². The van der Waals surface area contributed by atoms with E-state index in [-0.39, 0.29) is 5.91 Å². The summed E-state index contributed by atoms with van der Waals surface area (Å²) < 4.78 is 0. The molecule has 0 saturated carbocycles. The van der Waals surface area contributed by atoms with E-state index in [1.807, 2.05) is 12.3 Å². The second-order valence-electron chi connectivity index (χ2n) is 2.92. The van der Waals surface area contributed by atoms with Crippen molar-refractivity contribution in [2.24, 2.45) is 0 Å². The summed E-state index contributed by atoms with van der Waals surface area (Å²) in [5, 5.41) is 6.66. The number of halogens is 1. The van der Waals surface area contributed by atoms with E-state index in [0.717, 1.165) is 22.5 Å². The van der Waals surface area contributed by atoms with Gasteiger partial charge in [0, 0.05) is 35.8 Å². The Balaban J connectivity index is 2.18. The molecule has 0 atom stereocenters. The highest BCUT2D eigenvalue weighted by Crippen LogP contribution is 2.08. The van der Waals surface area contributed by atoms with Gasteiger partial charge in [-0.1, -0.05) is 15.9 Å². The first-order valence-corrected chi connectivity index (χ1v) is 6.46. The lowest BCUT2D eigenvalue weighted by Crippen LogP contribution is -2.25. The molecule has 0 unspecified atom stereocenters. The molecular formula is C9H13BrN2OS. The fourth-order valence-electron chi connectivity index (χ4n) is 1.00. The van der Waals surface area contributed by atoms with Crippen LogP contribution in [0.15, 0.2) is 5.38 Å². The number of hydrogen-bond donors (Lipinski definition) is 1. The summed E-state index contributed by atoms with van der Waals surface area (Å²) >= 11 is 4.86. The van der Waals surface area contributed by atoms with E-state index >= 15 is 0 Å². The second-order valence-corrected chi connectivity index (χ2v) is 4.66. The number of nitrogens with zero attached hydrogens (tertiary/aromatic N) is 1. The first-order chi connectivity index (χ1) is 6.72. The molecule has 0 fully saturated rings. The SMILES string of the molecule is Cc1csc(CCNC(=O)CCBr)n1. The number of hydrogen-bond acceptors (Lipinski definition) is 3. The van der Waals surface area contributed by atoms with Crippen molar-refractivity contribution in [3.05, 3.63) is 16.1 Å². The minimum absolute atomic E-state index is 0.0927.